The Kier molecular flexibility index (Phi) is 6.39. The number of ether oxygens (including phenoxy) is 1. The van der Waals surface area contributed by atoms with Gasteiger partial charge in [-0.15, -0.1) is 0 Å². The van der Waals surface area contributed by atoms with Crippen LogP contribution in [0.3, 0.4) is 0 Å². The van der Waals surface area contributed by atoms with Crippen LogP contribution in [0.1, 0.15) is 18.1 Å². The van der Waals surface area contributed by atoms with Gasteiger partial charge in [-0.25, -0.2) is 4.39 Å². The summed E-state index contributed by atoms with van der Waals surface area (Å²) in [7, 11) is 0. The Balaban J connectivity index is 1.58. The van der Waals surface area contributed by atoms with Gasteiger partial charge in [0.2, 0.25) is 0 Å². The highest BCUT2D eigenvalue weighted by Gasteiger charge is 2.10. The van der Waals surface area contributed by atoms with E-state index >= 15 is 0 Å². The summed E-state index contributed by atoms with van der Waals surface area (Å²) < 4.78 is 18.3. The predicted octanol–water partition coefficient (Wildman–Crippen LogP) is 1.17. The molecule has 2 N–H and O–H groups in total. The SMILES string of the molecule is OC(CNCCCN1CCOCC1)c1cccc(F)c1. The van der Waals surface area contributed by atoms with E-state index in [1.165, 1.54) is 12.1 Å². The first kappa shape index (κ1) is 15.4. The first-order valence-corrected chi connectivity index (χ1v) is 7.20. The van der Waals surface area contributed by atoms with Gasteiger partial charge in [-0.05, 0) is 37.2 Å². The molecule has 0 aromatic heterocycles. The second kappa shape index (κ2) is 8.32. The molecule has 0 radical (unpaired) electrons. The fourth-order valence-electron chi connectivity index (χ4n) is 2.32. The van der Waals surface area contributed by atoms with Crippen LogP contribution in [0.2, 0.25) is 0 Å². The third kappa shape index (κ3) is 5.17. The van der Waals surface area contributed by atoms with Crippen LogP contribution in [0.25, 0.3) is 0 Å². The van der Waals surface area contributed by atoms with Gasteiger partial charge in [0, 0.05) is 19.6 Å². The maximum atomic E-state index is 13.0. The minimum absolute atomic E-state index is 0.311. The molecular formula is C15H23FN2O2. The first-order chi connectivity index (χ1) is 9.75. The Morgan fingerprint density at radius 3 is 2.90 bits per heavy atom. The summed E-state index contributed by atoms with van der Waals surface area (Å²) >= 11 is 0. The third-order valence-electron chi connectivity index (χ3n) is 3.50. The number of halogens is 1. The van der Waals surface area contributed by atoms with Crippen molar-refractivity contribution in [3.8, 4) is 0 Å². The number of benzene rings is 1. The molecule has 112 valence electrons. The quantitative estimate of drug-likeness (QED) is 0.737. The first-order valence-electron chi connectivity index (χ1n) is 7.20. The number of rotatable bonds is 7. The van der Waals surface area contributed by atoms with Crippen LogP contribution in [-0.2, 0) is 4.74 Å². The van der Waals surface area contributed by atoms with Crippen LogP contribution in [0.4, 0.5) is 4.39 Å². The Bertz CT molecular complexity index is 397. The zero-order valence-electron chi connectivity index (χ0n) is 11.7. The van der Waals surface area contributed by atoms with Crippen LogP contribution in [0.15, 0.2) is 24.3 Å². The molecule has 4 nitrogen and oxygen atoms in total. The summed E-state index contributed by atoms with van der Waals surface area (Å²) in [4.78, 5) is 2.38. The van der Waals surface area contributed by atoms with E-state index in [0.717, 1.165) is 45.8 Å². The highest BCUT2D eigenvalue weighted by atomic mass is 19.1. The number of nitrogens with one attached hydrogen (secondary N) is 1. The van der Waals surface area contributed by atoms with E-state index < -0.39 is 6.10 Å². The fourth-order valence-corrected chi connectivity index (χ4v) is 2.32. The van der Waals surface area contributed by atoms with Crippen molar-refractivity contribution >= 4 is 0 Å². The van der Waals surface area contributed by atoms with E-state index in [1.807, 2.05) is 0 Å². The summed E-state index contributed by atoms with van der Waals surface area (Å²) in [6.45, 7) is 6.01. The van der Waals surface area contributed by atoms with E-state index in [9.17, 15) is 9.50 Å². The predicted molar refractivity (Wildman–Crippen MR) is 76.1 cm³/mol. The second-order valence-electron chi connectivity index (χ2n) is 5.08. The minimum Gasteiger partial charge on any atom is -0.387 e. The smallest absolute Gasteiger partial charge is 0.123 e. The molecule has 20 heavy (non-hydrogen) atoms. The molecule has 1 fully saturated rings. The minimum atomic E-state index is -0.658. The molecule has 1 unspecified atom stereocenters. The topological polar surface area (TPSA) is 44.7 Å². The van der Waals surface area contributed by atoms with E-state index in [4.69, 9.17) is 4.74 Å². The molecule has 1 saturated heterocycles. The number of aliphatic hydroxyl groups is 1. The third-order valence-corrected chi connectivity index (χ3v) is 3.50. The highest BCUT2D eigenvalue weighted by molar-refractivity contribution is 5.18. The van der Waals surface area contributed by atoms with Crippen molar-refractivity contribution in [3.63, 3.8) is 0 Å². The van der Waals surface area contributed by atoms with Crippen LogP contribution < -0.4 is 5.32 Å². The van der Waals surface area contributed by atoms with Crippen molar-refractivity contribution in [1.29, 1.82) is 0 Å². The van der Waals surface area contributed by atoms with Gasteiger partial charge in [0.15, 0.2) is 0 Å². The van der Waals surface area contributed by atoms with Crippen molar-refractivity contribution in [3.05, 3.63) is 35.6 Å². The Morgan fingerprint density at radius 2 is 2.15 bits per heavy atom. The van der Waals surface area contributed by atoms with Crippen LogP contribution in [0, 0.1) is 5.82 Å². The number of morpholine rings is 1. The lowest BCUT2D eigenvalue weighted by atomic mass is 10.1. The zero-order valence-corrected chi connectivity index (χ0v) is 11.7. The number of hydrogen-bond donors (Lipinski definition) is 2. The molecule has 0 saturated carbocycles. The van der Waals surface area contributed by atoms with Gasteiger partial charge in [0.05, 0.1) is 19.3 Å². The summed E-state index contributed by atoms with van der Waals surface area (Å²) in [5, 5.41) is 13.1. The van der Waals surface area contributed by atoms with Crippen LogP contribution in [0.5, 0.6) is 0 Å². The van der Waals surface area contributed by atoms with Crippen LogP contribution >= 0.6 is 0 Å². The zero-order chi connectivity index (χ0) is 14.2. The molecule has 1 atom stereocenters. The highest BCUT2D eigenvalue weighted by Crippen LogP contribution is 2.12. The summed E-state index contributed by atoms with van der Waals surface area (Å²) in [5.41, 5.74) is 0.616. The van der Waals surface area contributed by atoms with Crippen molar-refractivity contribution < 1.29 is 14.2 Å². The lowest BCUT2D eigenvalue weighted by molar-refractivity contribution is 0.0373. The maximum absolute atomic E-state index is 13.0. The van der Waals surface area contributed by atoms with Gasteiger partial charge in [-0.2, -0.15) is 0 Å². The largest absolute Gasteiger partial charge is 0.387 e. The lowest BCUT2D eigenvalue weighted by Gasteiger charge is -2.26. The number of hydrogen-bond acceptors (Lipinski definition) is 4. The van der Waals surface area contributed by atoms with E-state index in [2.05, 4.69) is 10.2 Å². The molecule has 0 amide bonds. The molecule has 0 spiro atoms. The van der Waals surface area contributed by atoms with Gasteiger partial charge < -0.3 is 15.2 Å². The van der Waals surface area contributed by atoms with Crippen LogP contribution in [-0.4, -0.2) is 55.9 Å². The maximum Gasteiger partial charge on any atom is 0.123 e. The van der Waals surface area contributed by atoms with Gasteiger partial charge in [0.1, 0.15) is 5.82 Å². The summed E-state index contributed by atoms with van der Waals surface area (Å²) in [5.74, 6) is -0.311. The monoisotopic (exact) mass is 282 g/mol. The van der Waals surface area contributed by atoms with E-state index in [0.29, 0.717) is 12.1 Å². The average molecular weight is 282 g/mol. The van der Waals surface area contributed by atoms with Crippen molar-refractivity contribution in [2.24, 2.45) is 0 Å². The summed E-state index contributed by atoms with van der Waals surface area (Å²) in [6.07, 6.45) is 0.379. The van der Waals surface area contributed by atoms with Crippen molar-refractivity contribution in [1.82, 2.24) is 10.2 Å². The molecule has 5 heteroatoms. The van der Waals surface area contributed by atoms with Crippen molar-refractivity contribution in [2.45, 2.75) is 12.5 Å². The molecule has 1 aliphatic rings. The molecule has 0 aliphatic carbocycles. The fraction of sp³-hybridized carbons (Fsp3) is 0.600. The van der Waals surface area contributed by atoms with Gasteiger partial charge in [0.25, 0.3) is 0 Å². The number of nitrogens with zero attached hydrogens (tertiary/aromatic N) is 1. The average Bonchev–Trinajstić information content (AvgIpc) is 2.48. The molecule has 1 aromatic carbocycles. The molecule has 0 bridgehead atoms. The van der Waals surface area contributed by atoms with Crippen molar-refractivity contribution in [2.75, 3.05) is 45.9 Å². The lowest BCUT2D eigenvalue weighted by Crippen LogP contribution is -2.37. The van der Waals surface area contributed by atoms with Gasteiger partial charge >= 0.3 is 0 Å². The molecule has 1 heterocycles. The Morgan fingerprint density at radius 1 is 1.35 bits per heavy atom. The van der Waals surface area contributed by atoms with E-state index in [-0.39, 0.29) is 5.82 Å². The molecule has 2 rings (SSSR count). The van der Waals surface area contributed by atoms with Gasteiger partial charge in [-0.3, -0.25) is 4.90 Å². The molecule has 1 aliphatic heterocycles. The normalized spacial score (nSPS) is 18.1. The standard InChI is InChI=1S/C15H23FN2O2/c16-14-4-1-3-13(11-14)15(19)12-17-5-2-6-18-7-9-20-10-8-18/h1,3-4,11,15,17,19H,2,5-10,12H2. The molecule has 1 aromatic rings. The Labute approximate surface area is 119 Å². The second-order valence-corrected chi connectivity index (χ2v) is 5.08. The Hall–Kier alpha value is -1.01. The number of aliphatic hydroxyl groups excluding tert-OH is 1. The van der Waals surface area contributed by atoms with E-state index in [1.54, 1.807) is 12.1 Å². The van der Waals surface area contributed by atoms with Gasteiger partial charge in [-0.1, -0.05) is 12.1 Å². The molecular weight excluding hydrogens is 259 g/mol. The summed E-state index contributed by atoms with van der Waals surface area (Å²) in [6, 6.07) is 6.11.